The number of aliphatic hydroxyl groups excluding tert-OH is 1. The topological polar surface area (TPSA) is 533 Å². The second-order valence-electron chi connectivity index (χ2n) is 29.3. The Morgan fingerprint density at radius 1 is 0.374 bits per heavy atom. The summed E-state index contributed by atoms with van der Waals surface area (Å²) in [4.78, 5) is 67.2. The first-order chi connectivity index (χ1) is 63.1. The Hall–Kier alpha value is -16.8. The van der Waals surface area contributed by atoms with Crippen molar-refractivity contribution in [2.75, 3.05) is 61.8 Å². The van der Waals surface area contributed by atoms with Crippen molar-refractivity contribution in [1.82, 2.24) is 118 Å². The first-order valence-corrected chi connectivity index (χ1v) is 40.2. The zero-order valence-electron chi connectivity index (χ0n) is 70.2. The number of rotatable bonds is 26. The highest BCUT2D eigenvalue weighted by Crippen LogP contribution is 2.34. The summed E-state index contributed by atoms with van der Waals surface area (Å²) in [5.41, 5.74) is 39.6. The van der Waals surface area contributed by atoms with Crippen LogP contribution in [0.15, 0.2) is 214 Å². The smallest absolute Gasteiger partial charge is 0.433 e. The highest BCUT2D eigenvalue weighted by atomic mass is 19.4. The van der Waals surface area contributed by atoms with Crippen LogP contribution in [-0.4, -0.2) is 136 Å². The Balaban J connectivity index is 0.000000126. The number of nitrogens with one attached hydrogen (secondary N) is 5. The number of fused-ring (bicyclic) bond motifs is 5. The number of halogens is 7. The summed E-state index contributed by atoms with van der Waals surface area (Å²) in [6.45, 7) is 11.1. The average molecular weight is 1790 g/mol. The third-order valence-electron chi connectivity index (χ3n) is 19.5. The molecule has 39 nitrogen and oxygen atoms in total. The second kappa shape index (κ2) is 39.8. The van der Waals surface area contributed by atoms with E-state index in [-0.39, 0.29) is 60.0 Å². The molecule has 46 heteroatoms. The molecule has 0 radical (unpaired) electrons. The molecule has 0 amide bonds. The van der Waals surface area contributed by atoms with E-state index in [1.807, 2.05) is 107 Å². The van der Waals surface area contributed by atoms with Crippen LogP contribution < -0.4 is 55.3 Å². The van der Waals surface area contributed by atoms with Crippen molar-refractivity contribution in [2.45, 2.75) is 111 Å². The summed E-state index contributed by atoms with van der Waals surface area (Å²) in [6.07, 6.45) is 9.48. The van der Waals surface area contributed by atoms with E-state index in [1.165, 1.54) is 30.7 Å². The van der Waals surface area contributed by atoms with Gasteiger partial charge in [0.25, 0.3) is 0 Å². The summed E-state index contributed by atoms with van der Waals surface area (Å²) in [7, 11) is 0. The average Bonchev–Trinajstić information content (AvgIpc) is 1.68. The minimum absolute atomic E-state index is 0.0753. The number of aliphatic hydroxyl groups is 1. The lowest BCUT2D eigenvalue weighted by molar-refractivity contribution is -0.141. The van der Waals surface area contributed by atoms with Gasteiger partial charge in [-0.25, -0.2) is 39.3 Å². The maximum atomic E-state index is 13.1. The fourth-order valence-corrected chi connectivity index (χ4v) is 13.6. The van der Waals surface area contributed by atoms with E-state index in [0.717, 1.165) is 80.5 Å². The van der Waals surface area contributed by atoms with Crippen molar-refractivity contribution in [3.8, 4) is 0 Å². The second-order valence-corrected chi connectivity index (χ2v) is 29.3. The lowest BCUT2D eigenvalue weighted by Crippen LogP contribution is -2.19. The molecule has 19 heterocycles. The molecule has 1 atom stereocenters. The SMILES string of the molecule is CCC(O)CNc1nc(N)nc2ccn(Cc3ccccn3)c12.Cc1cc(CNc2nc(N)nc3ccn(Cc4cc(C(F)(F)F)ccn4)c23)no1.Cc1cc(CNc2nc(N)nc3ccn(Cc4ccc(F)cn4)c23)no1.Cc1cc(CNc2nc(N)nc3ccn(Cc4cccc(C(F)(F)F)n4)c23)no1.Nc1nc(NCc2ncco2)c2c(ccn2Cc2ccccn2)n1. The van der Waals surface area contributed by atoms with Gasteiger partial charge < -0.3 is 101 Å². The van der Waals surface area contributed by atoms with Gasteiger partial charge in [0.2, 0.25) is 35.6 Å². The van der Waals surface area contributed by atoms with Gasteiger partial charge in [0, 0.05) is 74.3 Å². The number of aryl methyl sites for hydroxylation is 3. The number of nitrogens with two attached hydrogens (primary N) is 5. The Morgan fingerprint density at radius 3 is 1.11 bits per heavy atom. The number of hydrogen-bond donors (Lipinski definition) is 11. The van der Waals surface area contributed by atoms with Crippen LogP contribution in [0.4, 0.5) is 89.6 Å². The van der Waals surface area contributed by atoms with Crippen molar-refractivity contribution in [2.24, 2.45) is 0 Å². The molecule has 0 fully saturated rings. The van der Waals surface area contributed by atoms with E-state index in [9.17, 15) is 35.8 Å². The van der Waals surface area contributed by atoms with Crippen molar-refractivity contribution >= 4 is 114 Å². The van der Waals surface area contributed by atoms with Gasteiger partial charge in [0.05, 0.1) is 139 Å². The normalized spacial score (nSPS) is 11.7. The molecular weight excluding hydrogens is 1710 g/mol. The van der Waals surface area contributed by atoms with E-state index in [2.05, 4.69) is 122 Å². The number of hydrogen-bond acceptors (Lipinski definition) is 34. The predicted molar refractivity (Wildman–Crippen MR) is 471 cm³/mol. The van der Waals surface area contributed by atoms with Crippen LogP contribution in [0.5, 0.6) is 0 Å². The van der Waals surface area contributed by atoms with Gasteiger partial charge in [-0.15, -0.1) is 0 Å². The summed E-state index contributed by atoms with van der Waals surface area (Å²) in [6, 6.07) is 34.9. The first kappa shape index (κ1) is 89.0. The molecule has 0 aliphatic rings. The lowest BCUT2D eigenvalue weighted by Gasteiger charge is -2.13. The lowest BCUT2D eigenvalue weighted by atomic mass is 10.2. The Bertz CT molecular complexity index is 6870. The van der Waals surface area contributed by atoms with Gasteiger partial charge >= 0.3 is 12.4 Å². The predicted octanol–water partition coefficient (Wildman–Crippen LogP) is 13.0. The van der Waals surface area contributed by atoms with Crippen LogP contribution >= 0.6 is 0 Å². The van der Waals surface area contributed by atoms with Gasteiger partial charge in [-0.2, -0.15) is 51.3 Å². The van der Waals surface area contributed by atoms with Crippen LogP contribution in [0, 0.1) is 26.6 Å². The van der Waals surface area contributed by atoms with Gasteiger partial charge in [-0.1, -0.05) is 40.6 Å². The maximum Gasteiger partial charge on any atom is 0.433 e. The van der Waals surface area contributed by atoms with E-state index >= 15 is 0 Å². The van der Waals surface area contributed by atoms with Crippen LogP contribution in [0.2, 0.25) is 0 Å². The van der Waals surface area contributed by atoms with Crippen LogP contribution in [-0.2, 0) is 71.3 Å². The van der Waals surface area contributed by atoms with Crippen LogP contribution in [0.3, 0.4) is 0 Å². The Labute approximate surface area is 737 Å². The van der Waals surface area contributed by atoms with E-state index in [1.54, 1.807) is 84.3 Å². The third-order valence-corrected chi connectivity index (χ3v) is 19.5. The molecule has 19 rings (SSSR count). The van der Waals surface area contributed by atoms with Crippen LogP contribution in [0.1, 0.15) is 93.3 Å². The first-order valence-electron chi connectivity index (χ1n) is 40.2. The molecule has 0 spiro atoms. The molecule has 1 unspecified atom stereocenters. The summed E-state index contributed by atoms with van der Waals surface area (Å²) in [5, 5.41) is 37.4. The van der Waals surface area contributed by atoms with E-state index in [4.69, 9.17) is 46.7 Å². The Morgan fingerprint density at radius 2 is 0.756 bits per heavy atom. The molecule has 0 bridgehead atoms. The highest BCUT2D eigenvalue weighted by molar-refractivity contribution is 5.91. The van der Waals surface area contributed by atoms with E-state index < -0.39 is 29.7 Å². The van der Waals surface area contributed by atoms with Crippen molar-refractivity contribution in [3.05, 3.63) is 281 Å². The van der Waals surface area contributed by atoms with Crippen molar-refractivity contribution < 1.29 is 53.8 Å². The van der Waals surface area contributed by atoms with Crippen molar-refractivity contribution in [1.29, 1.82) is 0 Å². The minimum atomic E-state index is -4.51. The number of anilines is 10. The summed E-state index contributed by atoms with van der Waals surface area (Å²) in [5.74, 6) is 5.76. The zero-order valence-corrected chi connectivity index (χ0v) is 70.2. The molecule has 672 valence electrons. The maximum absolute atomic E-state index is 13.1. The number of aromatic nitrogens is 24. The summed E-state index contributed by atoms with van der Waals surface area (Å²) < 4.78 is 121. The largest absolute Gasteiger partial charge is 0.447 e. The number of nitrogens with zero attached hydrogens (tertiary/aromatic N) is 24. The molecule has 0 aliphatic carbocycles. The molecule has 0 aromatic carbocycles. The van der Waals surface area contributed by atoms with Gasteiger partial charge in [-0.05, 0) is 118 Å². The number of nitrogen functional groups attached to an aromatic ring is 5. The number of oxazole rings is 1. The summed E-state index contributed by atoms with van der Waals surface area (Å²) >= 11 is 0. The molecule has 0 saturated carbocycles. The van der Waals surface area contributed by atoms with Crippen LogP contribution in [0.25, 0.3) is 55.2 Å². The molecule has 131 heavy (non-hydrogen) atoms. The number of alkyl halides is 6. The molecule has 16 N–H and O–H groups in total. The van der Waals surface area contributed by atoms with Crippen molar-refractivity contribution in [3.63, 3.8) is 0 Å². The van der Waals surface area contributed by atoms with E-state index in [0.29, 0.717) is 144 Å². The Kier molecular flexibility index (Phi) is 27.0. The molecular formula is C85H83F7N34O5. The quantitative estimate of drug-likeness (QED) is 0.0224. The fourth-order valence-electron chi connectivity index (χ4n) is 13.6. The molecule has 19 aromatic heterocycles. The van der Waals surface area contributed by atoms with Gasteiger partial charge in [-0.3, -0.25) is 19.9 Å². The third kappa shape index (κ3) is 22.9. The highest BCUT2D eigenvalue weighted by Gasteiger charge is 2.33. The molecule has 0 aliphatic heterocycles. The zero-order chi connectivity index (χ0) is 91.9. The standard InChI is InChI=1S/2C18H16F3N7O.C17H16FN7O.C16H15N7O.C16H20N6O/c1-10-6-12(27-29-10)8-24-16-15-14(25-17(22)26-16)3-5-28(15)9-13-7-11(2-4-23-13)18(19,20)21;1-10-7-12(27-29-10)8-23-16-15-13(25-17(22)26-16)5-6-28(15)9-11-3-2-4-14(24-11)18(19,20)21;1-10-6-13(24-26-10)8-21-16-15-14(22-17(19)23-16)4-5-25(15)9-12-3-2-11(18)7-20-12;17-16-21-12-4-7-23(10-11-3-1-2-5-18-11)14(12)15(22-16)20-9-13-19-6-8-24-13;1-2-12(23)9-19-15-14-13(20-16(17)21-15)6-8-22(14)10-11-5-3-4-7-18-11/h2-7H,8-9H2,1H3,(H3,22,24,25,26);2-7H,8-9H2,1H3,(H3,22,23,25,26);2-7H,8-9H2,1H3,(H3,19,21,22,23);1-8H,9-10H2,(H3,17,20,21,22);3-8,12,23H,2,9-10H2,1H3,(H3,17,19,20,21). The minimum Gasteiger partial charge on any atom is -0.447 e. The molecule has 0 saturated heterocycles. The number of pyridine rings is 5. The molecule has 19 aromatic rings. The fraction of sp³-hybridized carbons (Fsp3) is 0.212. The van der Waals surface area contributed by atoms with Gasteiger partial charge in [0.1, 0.15) is 79.7 Å². The van der Waals surface area contributed by atoms with Gasteiger partial charge in [0.15, 0.2) is 29.1 Å². The monoisotopic (exact) mass is 1790 g/mol.